The summed E-state index contributed by atoms with van der Waals surface area (Å²) in [5, 5.41) is 3.47. The monoisotopic (exact) mass is 270 g/mol. The number of ether oxygens (including phenoxy) is 1. The van der Waals surface area contributed by atoms with Gasteiger partial charge >= 0.3 is 0 Å². The number of aryl methyl sites for hydroxylation is 1. The molecule has 0 bridgehead atoms. The minimum Gasteiger partial charge on any atom is -0.481 e. The minimum atomic E-state index is 0.469. The Bertz CT molecular complexity index is 579. The second-order valence-electron chi connectivity index (χ2n) is 5.28. The number of rotatable bonds is 5. The van der Waals surface area contributed by atoms with Crippen LogP contribution in [0.25, 0.3) is 11.1 Å². The molecule has 0 amide bonds. The van der Waals surface area contributed by atoms with Gasteiger partial charge in [0.2, 0.25) is 5.88 Å². The van der Waals surface area contributed by atoms with Gasteiger partial charge in [0.15, 0.2) is 0 Å². The summed E-state index contributed by atoms with van der Waals surface area (Å²) in [6.45, 7) is 7.28. The Morgan fingerprint density at radius 1 is 1.20 bits per heavy atom. The Labute approximate surface area is 121 Å². The molecule has 1 heterocycles. The van der Waals surface area contributed by atoms with Gasteiger partial charge in [-0.05, 0) is 29.7 Å². The lowest BCUT2D eigenvalue weighted by Gasteiger charge is -2.14. The number of methoxy groups -OCH3 is 1. The van der Waals surface area contributed by atoms with Crippen LogP contribution in [0.4, 0.5) is 0 Å². The SMILES string of the molecule is COc1cc(-c2cc(C)ccc2CNC(C)C)ccn1. The first kappa shape index (κ1) is 14.5. The second kappa shape index (κ2) is 6.53. The average Bonchev–Trinajstić information content (AvgIpc) is 2.46. The smallest absolute Gasteiger partial charge is 0.213 e. The van der Waals surface area contributed by atoms with E-state index in [-0.39, 0.29) is 0 Å². The first-order valence-corrected chi connectivity index (χ1v) is 6.93. The molecular weight excluding hydrogens is 248 g/mol. The van der Waals surface area contributed by atoms with E-state index in [0.717, 1.165) is 12.1 Å². The molecular formula is C17H22N2O. The maximum Gasteiger partial charge on any atom is 0.213 e. The van der Waals surface area contributed by atoms with Crippen molar-refractivity contribution in [2.45, 2.75) is 33.4 Å². The first-order valence-electron chi connectivity index (χ1n) is 6.93. The van der Waals surface area contributed by atoms with E-state index in [1.165, 1.54) is 16.7 Å². The molecule has 0 unspecified atom stereocenters. The zero-order chi connectivity index (χ0) is 14.5. The molecule has 106 valence electrons. The molecule has 0 saturated carbocycles. The van der Waals surface area contributed by atoms with Crippen LogP contribution in [0.1, 0.15) is 25.0 Å². The maximum atomic E-state index is 5.22. The van der Waals surface area contributed by atoms with Gasteiger partial charge in [0, 0.05) is 24.8 Å². The Morgan fingerprint density at radius 2 is 2.00 bits per heavy atom. The Balaban J connectivity index is 2.39. The Morgan fingerprint density at radius 3 is 2.70 bits per heavy atom. The van der Waals surface area contributed by atoms with Gasteiger partial charge in [-0.15, -0.1) is 0 Å². The molecule has 2 aromatic rings. The van der Waals surface area contributed by atoms with Gasteiger partial charge in [-0.1, -0.05) is 37.6 Å². The van der Waals surface area contributed by atoms with Crippen molar-refractivity contribution in [3.63, 3.8) is 0 Å². The van der Waals surface area contributed by atoms with Crippen molar-refractivity contribution in [1.82, 2.24) is 10.3 Å². The number of aromatic nitrogens is 1. The number of hydrogen-bond acceptors (Lipinski definition) is 3. The molecule has 1 N–H and O–H groups in total. The van der Waals surface area contributed by atoms with Gasteiger partial charge < -0.3 is 10.1 Å². The zero-order valence-electron chi connectivity index (χ0n) is 12.6. The normalized spacial score (nSPS) is 10.8. The molecule has 0 saturated heterocycles. The van der Waals surface area contributed by atoms with Crippen molar-refractivity contribution in [2.24, 2.45) is 0 Å². The highest BCUT2D eigenvalue weighted by molar-refractivity contribution is 5.68. The van der Waals surface area contributed by atoms with Crippen LogP contribution in [0, 0.1) is 6.92 Å². The van der Waals surface area contributed by atoms with E-state index in [2.05, 4.69) is 49.3 Å². The van der Waals surface area contributed by atoms with Crippen molar-refractivity contribution in [3.05, 3.63) is 47.7 Å². The van der Waals surface area contributed by atoms with Crippen LogP contribution in [0.3, 0.4) is 0 Å². The van der Waals surface area contributed by atoms with Gasteiger partial charge in [-0.25, -0.2) is 4.98 Å². The van der Waals surface area contributed by atoms with Crippen molar-refractivity contribution in [2.75, 3.05) is 7.11 Å². The molecule has 0 aliphatic rings. The van der Waals surface area contributed by atoms with Crippen LogP contribution in [0.15, 0.2) is 36.5 Å². The lowest BCUT2D eigenvalue weighted by Crippen LogP contribution is -2.22. The first-order chi connectivity index (χ1) is 9.60. The second-order valence-corrected chi connectivity index (χ2v) is 5.28. The minimum absolute atomic E-state index is 0.469. The third kappa shape index (κ3) is 3.58. The summed E-state index contributed by atoms with van der Waals surface area (Å²) in [4.78, 5) is 4.17. The largest absolute Gasteiger partial charge is 0.481 e. The van der Waals surface area contributed by atoms with E-state index in [9.17, 15) is 0 Å². The lowest BCUT2D eigenvalue weighted by atomic mass is 9.98. The molecule has 0 aliphatic carbocycles. The Hall–Kier alpha value is -1.87. The maximum absolute atomic E-state index is 5.22. The summed E-state index contributed by atoms with van der Waals surface area (Å²) in [5.74, 6) is 0.645. The van der Waals surface area contributed by atoms with Crippen LogP contribution < -0.4 is 10.1 Å². The summed E-state index contributed by atoms with van der Waals surface area (Å²) < 4.78 is 5.22. The number of hydrogen-bond donors (Lipinski definition) is 1. The molecule has 0 atom stereocenters. The summed E-state index contributed by atoms with van der Waals surface area (Å²) in [6.07, 6.45) is 1.79. The summed E-state index contributed by atoms with van der Waals surface area (Å²) in [5.41, 5.74) is 4.92. The average molecular weight is 270 g/mol. The van der Waals surface area contributed by atoms with Crippen molar-refractivity contribution >= 4 is 0 Å². The topological polar surface area (TPSA) is 34.1 Å². The van der Waals surface area contributed by atoms with E-state index in [0.29, 0.717) is 11.9 Å². The van der Waals surface area contributed by atoms with Gasteiger partial charge in [0.25, 0.3) is 0 Å². The molecule has 20 heavy (non-hydrogen) atoms. The molecule has 1 aromatic carbocycles. The molecule has 3 heteroatoms. The molecule has 2 rings (SSSR count). The quantitative estimate of drug-likeness (QED) is 0.902. The third-order valence-electron chi connectivity index (χ3n) is 3.22. The molecule has 0 spiro atoms. The number of nitrogens with zero attached hydrogens (tertiary/aromatic N) is 1. The Kier molecular flexibility index (Phi) is 4.74. The van der Waals surface area contributed by atoms with E-state index < -0.39 is 0 Å². The van der Waals surface area contributed by atoms with Crippen LogP contribution in [0.2, 0.25) is 0 Å². The van der Waals surface area contributed by atoms with Gasteiger partial charge in [0.1, 0.15) is 0 Å². The van der Waals surface area contributed by atoms with E-state index in [4.69, 9.17) is 4.74 Å². The van der Waals surface area contributed by atoms with Crippen molar-refractivity contribution in [1.29, 1.82) is 0 Å². The summed E-state index contributed by atoms with van der Waals surface area (Å²) in [6, 6.07) is 11.0. The molecule has 0 fully saturated rings. The number of nitrogens with one attached hydrogen (secondary N) is 1. The predicted octanol–water partition coefficient (Wildman–Crippen LogP) is 3.56. The fourth-order valence-corrected chi connectivity index (χ4v) is 2.12. The van der Waals surface area contributed by atoms with Crippen LogP contribution in [-0.2, 0) is 6.54 Å². The van der Waals surface area contributed by atoms with E-state index >= 15 is 0 Å². The number of pyridine rings is 1. The van der Waals surface area contributed by atoms with Crippen molar-refractivity contribution in [3.8, 4) is 17.0 Å². The fraction of sp³-hybridized carbons (Fsp3) is 0.353. The highest BCUT2D eigenvalue weighted by Crippen LogP contribution is 2.27. The third-order valence-corrected chi connectivity index (χ3v) is 3.22. The van der Waals surface area contributed by atoms with Crippen LogP contribution in [0.5, 0.6) is 5.88 Å². The van der Waals surface area contributed by atoms with Gasteiger partial charge in [0.05, 0.1) is 7.11 Å². The molecule has 0 radical (unpaired) electrons. The van der Waals surface area contributed by atoms with Crippen LogP contribution in [-0.4, -0.2) is 18.1 Å². The van der Waals surface area contributed by atoms with E-state index in [1.54, 1.807) is 13.3 Å². The fourth-order valence-electron chi connectivity index (χ4n) is 2.12. The standard InChI is InChI=1S/C17H22N2O/c1-12(2)19-11-15-6-5-13(3)9-16(15)14-7-8-18-17(10-14)20-4/h5-10,12,19H,11H2,1-4H3. The molecule has 3 nitrogen and oxygen atoms in total. The van der Waals surface area contributed by atoms with Crippen LogP contribution >= 0.6 is 0 Å². The molecule has 0 aliphatic heterocycles. The zero-order valence-corrected chi connectivity index (χ0v) is 12.6. The summed E-state index contributed by atoms with van der Waals surface area (Å²) >= 11 is 0. The predicted molar refractivity (Wildman–Crippen MR) is 82.9 cm³/mol. The van der Waals surface area contributed by atoms with E-state index in [1.807, 2.05) is 12.1 Å². The van der Waals surface area contributed by atoms with Crippen molar-refractivity contribution < 1.29 is 4.74 Å². The number of benzene rings is 1. The highest BCUT2D eigenvalue weighted by atomic mass is 16.5. The van der Waals surface area contributed by atoms with Gasteiger partial charge in [-0.2, -0.15) is 0 Å². The van der Waals surface area contributed by atoms with Gasteiger partial charge in [-0.3, -0.25) is 0 Å². The lowest BCUT2D eigenvalue weighted by molar-refractivity contribution is 0.398. The highest BCUT2D eigenvalue weighted by Gasteiger charge is 2.07. The molecule has 1 aromatic heterocycles. The summed E-state index contributed by atoms with van der Waals surface area (Å²) in [7, 11) is 1.64.